The van der Waals surface area contributed by atoms with Gasteiger partial charge < -0.3 is 19.4 Å². The van der Waals surface area contributed by atoms with E-state index in [0.29, 0.717) is 56.3 Å². The largest absolute Gasteiger partial charge is 0.415 e. The van der Waals surface area contributed by atoms with Crippen LogP contribution in [0.2, 0.25) is 5.02 Å². The van der Waals surface area contributed by atoms with Crippen LogP contribution < -0.4 is 4.74 Å². The van der Waals surface area contributed by atoms with Gasteiger partial charge in [-0.25, -0.2) is 4.79 Å². The molecule has 9 heteroatoms. The molecular weight excluding hydrogens is 504 g/mol. The van der Waals surface area contributed by atoms with Gasteiger partial charge in [0.15, 0.2) is 0 Å². The smallest absolute Gasteiger partial charge is 0.410 e. The molecule has 0 bridgehead atoms. The lowest BCUT2D eigenvalue weighted by atomic mass is 9.93. The van der Waals surface area contributed by atoms with Crippen molar-refractivity contribution in [2.45, 2.75) is 45.1 Å². The normalized spacial score (nSPS) is 19.6. The van der Waals surface area contributed by atoms with Crippen LogP contribution in [0.25, 0.3) is 0 Å². The molecule has 38 heavy (non-hydrogen) atoms. The van der Waals surface area contributed by atoms with Gasteiger partial charge >= 0.3 is 6.09 Å². The minimum Gasteiger partial charge on any atom is -0.410 e. The molecule has 2 saturated heterocycles. The van der Waals surface area contributed by atoms with Crippen molar-refractivity contribution in [3.63, 3.8) is 0 Å². The zero-order valence-corrected chi connectivity index (χ0v) is 22.6. The van der Waals surface area contributed by atoms with E-state index in [2.05, 4.69) is 0 Å². The van der Waals surface area contributed by atoms with Gasteiger partial charge in [0.2, 0.25) is 11.8 Å². The third-order valence-corrected chi connectivity index (χ3v) is 7.78. The lowest BCUT2D eigenvalue weighted by Gasteiger charge is -2.33. The Morgan fingerprint density at radius 3 is 2.29 bits per heavy atom. The SMILES string of the molecule is CCN(C(=O)Oc1ccc(C)cc1)[C@@H]1CN(C(=O)C2CCN(C(=O)CC#N)CC2)C[C@H]1c1ccc(Cl)cc1. The molecule has 0 N–H and O–H groups in total. The van der Waals surface area contributed by atoms with Gasteiger partial charge in [-0.15, -0.1) is 0 Å². The Morgan fingerprint density at radius 1 is 1.03 bits per heavy atom. The lowest BCUT2D eigenvalue weighted by molar-refractivity contribution is -0.139. The number of piperidine rings is 1. The van der Waals surface area contributed by atoms with Crippen molar-refractivity contribution < 1.29 is 19.1 Å². The standard InChI is InChI=1S/C29H33ClN4O4/c1-3-34(29(37)38-24-10-4-20(2)5-11-24)26-19-33(18-25(26)21-6-8-23(30)9-7-21)28(36)22-13-16-32(17-14-22)27(35)12-15-31/h4-11,22,25-26H,3,12-14,16-19H2,1-2H3/t25-,26+/m0/s1. The Kier molecular flexibility index (Phi) is 8.90. The second-order valence-corrected chi connectivity index (χ2v) is 10.4. The van der Waals surface area contributed by atoms with E-state index in [9.17, 15) is 14.4 Å². The summed E-state index contributed by atoms with van der Waals surface area (Å²) in [6.45, 7) is 6.13. The average molecular weight is 537 g/mol. The van der Waals surface area contributed by atoms with Gasteiger partial charge in [0.25, 0.3) is 0 Å². The molecule has 0 saturated carbocycles. The van der Waals surface area contributed by atoms with Gasteiger partial charge in [-0.3, -0.25) is 9.59 Å². The zero-order valence-electron chi connectivity index (χ0n) is 21.8. The molecule has 2 aliphatic rings. The maximum absolute atomic E-state index is 13.6. The van der Waals surface area contributed by atoms with Crippen molar-refractivity contribution >= 4 is 29.5 Å². The number of aryl methyl sites for hydroxylation is 1. The predicted molar refractivity (Wildman–Crippen MR) is 144 cm³/mol. The fourth-order valence-corrected chi connectivity index (χ4v) is 5.52. The van der Waals surface area contributed by atoms with Crippen LogP contribution in [-0.2, 0) is 9.59 Å². The number of likely N-dealkylation sites (tertiary alicyclic amines) is 2. The monoisotopic (exact) mass is 536 g/mol. The third-order valence-electron chi connectivity index (χ3n) is 7.53. The van der Waals surface area contributed by atoms with Crippen LogP contribution in [0.1, 0.15) is 43.2 Å². The van der Waals surface area contributed by atoms with Gasteiger partial charge in [-0.05, 0) is 56.5 Å². The first-order valence-electron chi connectivity index (χ1n) is 13.0. The molecule has 4 rings (SSSR count). The van der Waals surface area contributed by atoms with E-state index >= 15 is 0 Å². The van der Waals surface area contributed by atoms with Crippen LogP contribution in [-0.4, -0.2) is 71.4 Å². The molecule has 8 nitrogen and oxygen atoms in total. The number of rotatable bonds is 6. The number of halogens is 1. The van der Waals surface area contributed by atoms with Crippen molar-refractivity contribution in [3.05, 3.63) is 64.7 Å². The lowest BCUT2D eigenvalue weighted by Crippen LogP contribution is -2.47. The molecule has 0 aliphatic carbocycles. The van der Waals surface area contributed by atoms with Crippen molar-refractivity contribution in [1.29, 1.82) is 5.26 Å². The van der Waals surface area contributed by atoms with Gasteiger partial charge in [-0.1, -0.05) is 41.4 Å². The molecule has 0 unspecified atom stereocenters. The molecule has 2 heterocycles. The van der Waals surface area contributed by atoms with E-state index in [4.69, 9.17) is 21.6 Å². The number of carbonyl (C=O) groups is 3. The predicted octanol–water partition coefficient (Wildman–Crippen LogP) is 4.62. The van der Waals surface area contributed by atoms with Crippen molar-refractivity contribution in [3.8, 4) is 11.8 Å². The first-order chi connectivity index (χ1) is 18.3. The summed E-state index contributed by atoms with van der Waals surface area (Å²) in [6.07, 6.45) is 0.547. The van der Waals surface area contributed by atoms with Crippen LogP contribution in [0.5, 0.6) is 5.75 Å². The molecule has 3 amide bonds. The van der Waals surface area contributed by atoms with Gasteiger partial charge in [0.1, 0.15) is 12.2 Å². The Bertz CT molecular complexity index is 1190. The molecule has 2 fully saturated rings. The van der Waals surface area contributed by atoms with Crippen molar-refractivity contribution in [2.75, 3.05) is 32.7 Å². The summed E-state index contributed by atoms with van der Waals surface area (Å²) in [4.78, 5) is 44.2. The maximum Gasteiger partial charge on any atom is 0.415 e. The fourth-order valence-electron chi connectivity index (χ4n) is 5.40. The summed E-state index contributed by atoms with van der Waals surface area (Å²) in [6, 6.07) is 16.5. The first-order valence-corrected chi connectivity index (χ1v) is 13.4. The number of hydrogen-bond acceptors (Lipinski definition) is 5. The van der Waals surface area contributed by atoms with E-state index in [1.807, 2.05) is 61.2 Å². The highest BCUT2D eigenvalue weighted by molar-refractivity contribution is 6.30. The number of carbonyl (C=O) groups excluding carboxylic acids is 3. The van der Waals surface area contributed by atoms with E-state index in [-0.39, 0.29) is 36.1 Å². The highest BCUT2D eigenvalue weighted by atomic mass is 35.5. The minimum absolute atomic E-state index is 0.0433. The maximum atomic E-state index is 13.6. The second kappa shape index (κ2) is 12.3. The summed E-state index contributed by atoms with van der Waals surface area (Å²) in [7, 11) is 0. The summed E-state index contributed by atoms with van der Waals surface area (Å²) in [5.74, 6) is 0.0417. The van der Waals surface area contributed by atoms with Crippen LogP contribution in [0, 0.1) is 24.2 Å². The highest BCUT2D eigenvalue weighted by Gasteiger charge is 2.43. The Morgan fingerprint density at radius 2 is 1.68 bits per heavy atom. The van der Waals surface area contributed by atoms with E-state index in [1.165, 1.54) is 0 Å². The number of amides is 3. The summed E-state index contributed by atoms with van der Waals surface area (Å²) in [5, 5.41) is 9.43. The summed E-state index contributed by atoms with van der Waals surface area (Å²) >= 11 is 6.14. The van der Waals surface area contributed by atoms with Crippen LogP contribution in [0.3, 0.4) is 0 Å². The first kappa shape index (κ1) is 27.5. The number of benzene rings is 2. The van der Waals surface area contributed by atoms with Crippen molar-refractivity contribution in [2.24, 2.45) is 5.92 Å². The summed E-state index contributed by atoms with van der Waals surface area (Å²) in [5.41, 5.74) is 2.08. The average Bonchev–Trinajstić information content (AvgIpc) is 3.35. The number of nitriles is 1. The molecule has 2 atom stereocenters. The molecule has 200 valence electrons. The third kappa shape index (κ3) is 6.28. The van der Waals surface area contributed by atoms with Crippen LogP contribution in [0.4, 0.5) is 4.79 Å². The van der Waals surface area contributed by atoms with Crippen LogP contribution in [0.15, 0.2) is 48.5 Å². The topological polar surface area (TPSA) is 93.9 Å². The second-order valence-electron chi connectivity index (χ2n) is 9.93. The molecule has 2 aromatic carbocycles. The number of nitrogens with zero attached hydrogens (tertiary/aromatic N) is 4. The molecule has 2 aromatic rings. The highest BCUT2D eigenvalue weighted by Crippen LogP contribution is 2.34. The van der Waals surface area contributed by atoms with E-state index in [1.54, 1.807) is 21.9 Å². The Balaban J connectivity index is 1.50. The van der Waals surface area contributed by atoms with Gasteiger partial charge in [0.05, 0.1) is 12.1 Å². The quantitative estimate of drug-likeness (QED) is 0.537. The van der Waals surface area contributed by atoms with Gasteiger partial charge in [-0.2, -0.15) is 5.26 Å². The number of hydrogen-bond donors (Lipinski definition) is 0. The van der Waals surface area contributed by atoms with E-state index in [0.717, 1.165) is 11.1 Å². The van der Waals surface area contributed by atoms with Crippen molar-refractivity contribution in [1.82, 2.24) is 14.7 Å². The van der Waals surface area contributed by atoms with E-state index < -0.39 is 6.09 Å². The summed E-state index contributed by atoms with van der Waals surface area (Å²) < 4.78 is 5.71. The number of likely N-dealkylation sites (N-methyl/N-ethyl adjacent to an activating group) is 1. The molecule has 0 spiro atoms. The molecule has 2 aliphatic heterocycles. The van der Waals surface area contributed by atoms with Gasteiger partial charge in [0, 0.05) is 49.6 Å². The number of ether oxygens (including phenoxy) is 1. The molecule has 0 radical (unpaired) electrons. The zero-order chi connectivity index (χ0) is 27.2. The Hall–Kier alpha value is -3.57. The molecule has 0 aromatic heterocycles. The molecular formula is C29H33ClN4O4. The minimum atomic E-state index is -0.445. The van der Waals surface area contributed by atoms with Crippen LogP contribution >= 0.6 is 11.6 Å². The Labute approximate surface area is 228 Å². The fraction of sp³-hybridized carbons (Fsp3) is 0.448.